The normalized spacial score (nSPS) is 16.7. The highest BCUT2D eigenvalue weighted by atomic mass is 32.1. The van der Waals surface area contributed by atoms with E-state index in [1.165, 1.54) is 10.4 Å². The third-order valence-electron chi connectivity index (χ3n) is 7.23. The molecule has 6 nitrogen and oxygen atoms in total. The van der Waals surface area contributed by atoms with E-state index in [4.69, 9.17) is 4.74 Å². The first kappa shape index (κ1) is 25.3. The van der Waals surface area contributed by atoms with Crippen molar-refractivity contribution in [3.63, 3.8) is 0 Å². The number of carbonyl (C=O) groups excluding carboxylic acids is 2. The van der Waals surface area contributed by atoms with E-state index in [0.717, 1.165) is 47.4 Å². The summed E-state index contributed by atoms with van der Waals surface area (Å²) in [6.45, 7) is 7.81. The van der Waals surface area contributed by atoms with Crippen molar-refractivity contribution >= 4 is 29.0 Å². The first-order valence-corrected chi connectivity index (χ1v) is 13.9. The van der Waals surface area contributed by atoms with E-state index in [2.05, 4.69) is 29.8 Å². The number of amides is 3. The Bertz CT molecular complexity index is 1270. The summed E-state index contributed by atoms with van der Waals surface area (Å²) in [5.41, 5.74) is 5.31. The Kier molecular flexibility index (Phi) is 7.51. The van der Waals surface area contributed by atoms with Crippen LogP contribution in [-0.4, -0.2) is 48.0 Å². The Morgan fingerprint density at radius 2 is 1.81 bits per heavy atom. The molecule has 3 aromatic rings. The topological polar surface area (TPSA) is 61.9 Å². The predicted octanol–water partition coefficient (Wildman–Crippen LogP) is 6.12. The van der Waals surface area contributed by atoms with Gasteiger partial charge in [-0.1, -0.05) is 35.4 Å². The van der Waals surface area contributed by atoms with Crippen LogP contribution in [0.2, 0.25) is 0 Å². The summed E-state index contributed by atoms with van der Waals surface area (Å²) in [7, 11) is 0. The highest BCUT2D eigenvalue weighted by Crippen LogP contribution is 2.35. The van der Waals surface area contributed by atoms with Gasteiger partial charge in [0.25, 0.3) is 0 Å². The average Bonchev–Trinajstić information content (AvgIpc) is 3.56. The van der Waals surface area contributed by atoms with E-state index >= 15 is 0 Å². The summed E-state index contributed by atoms with van der Waals surface area (Å²) < 4.78 is 6.27. The van der Waals surface area contributed by atoms with Crippen molar-refractivity contribution in [2.45, 2.75) is 46.1 Å². The lowest BCUT2D eigenvalue weighted by Crippen LogP contribution is -2.49. The molecule has 194 valence electrons. The van der Waals surface area contributed by atoms with Gasteiger partial charge in [-0.05, 0) is 86.7 Å². The van der Waals surface area contributed by atoms with E-state index < -0.39 is 0 Å². The molecule has 0 bridgehead atoms. The summed E-state index contributed by atoms with van der Waals surface area (Å²) in [6.07, 6.45) is 3.05. The minimum Gasteiger partial charge on any atom is -0.491 e. The van der Waals surface area contributed by atoms with Crippen molar-refractivity contribution in [1.29, 1.82) is 0 Å². The second-order valence-electron chi connectivity index (χ2n) is 10.4. The molecular formula is C30H35N3O3S. The van der Waals surface area contributed by atoms with Crippen molar-refractivity contribution in [2.75, 3.05) is 31.6 Å². The summed E-state index contributed by atoms with van der Waals surface area (Å²) in [6, 6.07) is 15.6. The zero-order chi connectivity index (χ0) is 25.9. The Morgan fingerprint density at radius 3 is 2.54 bits per heavy atom. The molecule has 3 amide bonds. The molecule has 0 radical (unpaired) electrons. The molecule has 2 aromatic carbocycles. The third kappa shape index (κ3) is 6.16. The largest absolute Gasteiger partial charge is 0.491 e. The monoisotopic (exact) mass is 517 g/mol. The van der Waals surface area contributed by atoms with Gasteiger partial charge in [0.05, 0.1) is 6.04 Å². The molecular weight excluding hydrogens is 482 g/mol. The zero-order valence-corrected chi connectivity index (χ0v) is 22.6. The van der Waals surface area contributed by atoms with E-state index in [1.54, 1.807) is 16.2 Å². The lowest BCUT2D eigenvalue weighted by Gasteiger charge is -2.37. The van der Waals surface area contributed by atoms with Crippen molar-refractivity contribution in [2.24, 2.45) is 5.92 Å². The number of urea groups is 1. The van der Waals surface area contributed by atoms with Gasteiger partial charge in [0.1, 0.15) is 18.9 Å². The molecule has 1 aliphatic heterocycles. The number of carbonyl (C=O) groups is 2. The van der Waals surface area contributed by atoms with Crippen molar-refractivity contribution in [3.8, 4) is 5.75 Å². The molecule has 37 heavy (non-hydrogen) atoms. The van der Waals surface area contributed by atoms with Crippen LogP contribution >= 0.6 is 11.3 Å². The van der Waals surface area contributed by atoms with Gasteiger partial charge in [0.15, 0.2) is 0 Å². The van der Waals surface area contributed by atoms with Crippen LogP contribution in [0.15, 0.2) is 53.9 Å². The van der Waals surface area contributed by atoms with Gasteiger partial charge >= 0.3 is 6.03 Å². The Balaban J connectivity index is 1.31. The molecule has 1 aliphatic carbocycles. The highest BCUT2D eigenvalue weighted by Gasteiger charge is 2.35. The molecule has 2 aliphatic rings. The molecule has 0 unspecified atom stereocenters. The molecule has 0 saturated heterocycles. The van der Waals surface area contributed by atoms with Crippen LogP contribution in [0.25, 0.3) is 0 Å². The summed E-state index contributed by atoms with van der Waals surface area (Å²) in [5, 5.41) is 5.08. The Labute approximate surface area is 223 Å². The zero-order valence-electron chi connectivity index (χ0n) is 21.8. The maximum absolute atomic E-state index is 13.7. The second-order valence-corrected chi connectivity index (χ2v) is 11.4. The number of thiophene rings is 1. The van der Waals surface area contributed by atoms with Gasteiger partial charge < -0.3 is 19.9 Å². The molecule has 1 N–H and O–H groups in total. The minimum atomic E-state index is -0.222. The van der Waals surface area contributed by atoms with Crippen molar-refractivity contribution in [1.82, 2.24) is 9.80 Å². The summed E-state index contributed by atoms with van der Waals surface area (Å²) >= 11 is 1.74. The van der Waals surface area contributed by atoms with Crippen LogP contribution in [0.1, 0.15) is 46.0 Å². The Hall–Kier alpha value is -3.32. The number of hydrogen-bond acceptors (Lipinski definition) is 4. The molecule has 2 heterocycles. The predicted molar refractivity (Wildman–Crippen MR) is 148 cm³/mol. The number of ether oxygens (including phenoxy) is 1. The van der Waals surface area contributed by atoms with Crippen molar-refractivity contribution in [3.05, 3.63) is 81.0 Å². The average molecular weight is 518 g/mol. The summed E-state index contributed by atoms with van der Waals surface area (Å²) in [5.74, 6) is 1.28. The SMILES string of the molecule is Cc1ccc(NC(=O)N(CC(=O)N2CCc3sccc3[C@H]2COc2ccc(C)cc2C)CC2CC2)cc1. The van der Waals surface area contributed by atoms with E-state index in [9.17, 15) is 9.59 Å². The van der Waals surface area contributed by atoms with Crippen molar-refractivity contribution < 1.29 is 14.3 Å². The number of anilines is 1. The Morgan fingerprint density at radius 1 is 1.05 bits per heavy atom. The van der Waals surface area contributed by atoms with Gasteiger partial charge in [-0.2, -0.15) is 0 Å². The molecule has 7 heteroatoms. The minimum absolute atomic E-state index is 0.0363. The van der Waals surface area contributed by atoms with Gasteiger partial charge in [-0.15, -0.1) is 11.3 Å². The van der Waals surface area contributed by atoms with Crippen LogP contribution in [0, 0.1) is 26.7 Å². The first-order valence-electron chi connectivity index (χ1n) is 13.1. The fourth-order valence-electron chi connectivity index (χ4n) is 4.93. The van der Waals surface area contributed by atoms with Crippen LogP contribution in [-0.2, 0) is 11.2 Å². The maximum atomic E-state index is 13.7. The molecule has 1 fully saturated rings. The lowest BCUT2D eigenvalue weighted by molar-refractivity contribution is -0.135. The number of rotatable bonds is 8. The number of hydrogen-bond donors (Lipinski definition) is 1. The second kappa shape index (κ2) is 11.0. The molecule has 1 saturated carbocycles. The quantitative estimate of drug-likeness (QED) is 0.391. The number of nitrogens with zero attached hydrogens (tertiary/aromatic N) is 2. The van der Waals surface area contributed by atoms with E-state index in [1.807, 2.05) is 55.1 Å². The van der Waals surface area contributed by atoms with E-state index in [-0.39, 0.29) is 24.5 Å². The van der Waals surface area contributed by atoms with Gasteiger partial charge in [-0.25, -0.2) is 4.79 Å². The van der Waals surface area contributed by atoms with Crippen LogP contribution < -0.4 is 10.1 Å². The van der Waals surface area contributed by atoms with Gasteiger partial charge in [-0.3, -0.25) is 4.79 Å². The number of nitrogens with one attached hydrogen (secondary N) is 1. The standard InChI is InChI=1S/C30H35N3O3S/c1-20-4-9-24(10-5-20)31-30(35)32(17-23-7-8-23)18-29(34)33-14-12-28-25(13-15-37-28)26(33)19-36-27-11-6-21(2)16-22(27)3/h4-6,9-11,13,15-16,23,26H,7-8,12,14,17-19H2,1-3H3,(H,31,35)/t26-/m1/s1. The molecule has 0 spiro atoms. The third-order valence-corrected chi connectivity index (χ3v) is 8.23. The number of benzene rings is 2. The fourth-order valence-corrected chi connectivity index (χ4v) is 5.86. The molecule has 1 aromatic heterocycles. The van der Waals surface area contributed by atoms with Gasteiger partial charge in [0, 0.05) is 23.7 Å². The lowest BCUT2D eigenvalue weighted by atomic mass is 10.00. The van der Waals surface area contributed by atoms with Gasteiger partial charge in [0.2, 0.25) is 5.91 Å². The smallest absolute Gasteiger partial charge is 0.322 e. The first-order chi connectivity index (χ1) is 17.9. The van der Waals surface area contributed by atoms with E-state index in [0.29, 0.717) is 25.6 Å². The molecule has 1 atom stereocenters. The fraction of sp³-hybridized carbons (Fsp3) is 0.400. The van der Waals surface area contributed by atoms with Crippen LogP contribution in [0.5, 0.6) is 5.75 Å². The highest BCUT2D eigenvalue weighted by molar-refractivity contribution is 7.10. The maximum Gasteiger partial charge on any atom is 0.322 e. The number of aryl methyl sites for hydroxylation is 3. The molecule has 5 rings (SSSR count). The summed E-state index contributed by atoms with van der Waals surface area (Å²) in [4.78, 5) is 31.9. The number of fused-ring (bicyclic) bond motifs is 1. The van der Waals surface area contributed by atoms with Crippen LogP contribution in [0.4, 0.5) is 10.5 Å². The van der Waals surface area contributed by atoms with Crippen LogP contribution in [0.3, 0.4) is 0 Å².